The molecule has 4 aromatic rings. The minimum Gasteiger partial charge on any atom is -0.466 e. The average Bonchev–Trinajstić information content (AvgIpc) is 3.26. The van der Waals surface area contributed by atoms with Gasteiger partial charge in [-0.3, -0.25) is 14.2 Å². The number of rotatable bonds is 5. The molecule has 1 amide bonds. The summed E-state index contributed by atoms with van der Waals surface area (Å²) in [7, 11) is 1.08. The number of hydrogen-bond donors (Lipinski definition) is 2. The van der Waals surface area contributed by atoms with Crippen LogP contribution < -0.4 is 25.8 Å². The number of nitrogens with two attached hydrogens (primary N) is 1. The van der Waals surface area contributed by atoms with Crippen LogP contribution in [0.15, 0.2) is 77.1 Å². The molecule has 41 heavy (non-hydrogen) atoms. The zero-order valence-electron chi connectivity index (χ0n) is 21.1. The first-order valence-corrected chi connectivity index (χ1v) is 13.5. The Balaban J connectivity index is 1.92. The maximum atomic E-state index is 15.4. The van der Waals surface area contributed by atoms with Crippen molar-refractivity contribution in [3.63, 3.8) is 0 Å². The maximum Gasteiger partial charge on any atom is 0.338 e. The van der Waals surface area contributed by atoms with Crippen molar-refractivity contribution in [1.82, 2.24) is 4.57 Å². The molecule has 2 heterocycles. The number of anilines is 1. The number of para-hydroxylation sites is 1. The third kappa shape index (κ3) is 5.06. The third-order valence-electron chi connectivity index (χ3n) is 6.39. The summed E-state index contributed by atoms with van der Waals surface area (Å²) in [5.74, 6) is -5.15. The van der Waals surface area contributed by atoms with Gasteiger partial charge in [0.05, 0.1) is 33.7 Å². The van der Waals surface area contributed by atoms with Crippen LogP contribution >= 0.6 is 34.5 Å². The van der Waals surface area contributed by atoms with E-state index in [2.05, 4.69) is 5.32 Å². The van der Waals surface area contributed by atoms with E-state index in [4.69, 9.17) is 33.7 Å². The molecule has 1 unspecified atom stereocenters. The Morgan fingerprint density at radius 2 is 1.63 bits per heavy atom. The van der Waals surface area contributed by atoms with Gasteiger partial charge >= 0.3 is 5.97 Å². The number of methoxy groups -OCH3 is 1. The van der Waals surface area contributed by atoms with Gasteiger partial charge < -0.3 is 15.8 Å². The number of nitrogens with zero attached hydrogens (tertiary/aromatic N) is 1. The van der Waals surface area contributed by atoms with Crippen molar-refractivity contribution in [2.75, 3.05) is 12.4 Å². The van der Waals surface area contributed by atoms with E-state index in [0.717, 1.165) is 29.1 Å². The molecule has 0 spiro atoms. The fraction of sp³-hybridized carbons (Fsp3) is 0.0690. The highest BCUT2D eigenvalue weighted by atomic mass is 35.5. The number of esters is 1. The summed E-state index contributed by atoms with van der Waals surface area (Å²) in [6.45, 7) is 0. The quantitative estimate of drug-likeness (QED) is 0.328. The normalized spacial score (nSPS) is 15.1. The number of benzene rings is 3. The number of hydrogen-bond acceptors (Lipinski definition) is 6. The van der Waals surface area contributed by atoms with Crippen LogP contribution in [-0.4, -0.2) is 23.6 Å². The van der Waals surface area contributed by atoms with E-state index in [9.17, 15) is 18.8 Å². The molecule has 3 aromatic carbocycles. The van der Waals surface area contributed by atoms with Crippen LogP contribution in [0, 0.1) is 11.6 Å². The van der Waals surface area contributed by atoms with Gasteiger partial charge in [0.1, 0.15) is 22.1 Å². The van der Waals surface area contributed by atoms with Crippen LogP contribution in [0.4, 0.5) is 14.5 Å². The van der Waals surface area contributed by atoms with Crippen molar-refractivity contribution in [1.29, 1.82) is 0 Å². The van der Waals surface area contributed by atoms with E-state index in [1.54, 1.807) is 30.3 Å². The molecule has 1 aliphatic heterocycles. The minimum atomic E-state index is -1.47. The van der Waals surface area contributed by atoms with Crippen LogP contribution in [0.25, 0.3) is 17.5 Å². The average molecular weight is 614 g/mol. The van der Waals surface area contributed by atoms with Gasteiger partial charge in [-0.1, -0.05) is 53.5 Å². The molecule has 3 N–H and O–H groups in total. The first kappa shape index (κ1) is 28.3. The molecule has 0 radical (unpaired) electrons. The van der Waals surface area contributed by atoms with Gasteiger partial charge in [-0.2, -0.15) is 0 Å². The first-order valence-electron chi connectivity index (χ1n) is 11.9. The van der Waals surface area contributed by atoms with Gasteiger partial charge in [-0.25, -0.2) is 13.6 Å². The highest BCUT2D eigenvalue weighted by molar-refractivity contribution is 7.07. The van der Waals surface area contributed by atoms with Gasteiger partial charge in [0, 0.05) is 21.8 Å². The number of carbonyl (C=O) groups excluding carboxylic acids is 2. The fourth-order valence-corrected chi connectivity index (χ4v) is 6.20. The summed E-state index contributed by atoms with van der Waals surface area (Å²) >= 11 is 13.4. The molecule has 0 fully saturated rings. The standard InChI is InChI=1S/C29H19Cl2F2N3O4S/c1-40-29(39)23-22(21-17(31)10-6-12-19(21)33)24(26(37)35-14-7-3-2-4-8-14)28-36(25(23)34)27(38)20(41-28)13-15-16(30)9-5-11-18(15)32/h2-13,22H,34H2,1H3,(H,35,37)/b20-13-. The van der Waals surface area contributed by atoms with Crippen molar-refractivity contribution in [3.05, 3.63) is 125 Å². The van der Waals surface area contributed by atoms with Crippen LogP contribution in [0.2, 0.25) is 10.0 Å². The number of halogens is 4. The highest BCUT2D eigenvalue weighted by Gasteiger charge is 2.41. The number of thiazole rings is 1. The largest absolute Gasteiger partial charge is 0.466 e. The molecule has 208 valence electrons. The summed E-state index contributed by atoms with van der Waals surface area (Å²) in [6, 6.07) is 16.3. The van der Waals surface area contributed by atoms with E-state index < -0.39 is 40.8 Å². The highest BCUT2D eigenvalue weighted by Crippen LogP contribution is 2.41. The molecular formula is C29H19Cl2F2N3O4S. The van der Waals surface area contributed by atoms with Gasteiger partial charge in [0.25, 0.3) is 11.5 Å². The van der Waals surface area contributed by atoms with Crippen molar-refractivity contribution in [2.45, 2.75) is 5.92 Å². The smallest absolute Gasteiger partial charge is 0.338 e. The summed E-state index contributed by atoms with van der Waals surface area (Å²) in [5, 5.41) is 2.68. The molecule has 1 aliphatic rings. The van der Waals surface area contributed by atoms with Crippen molar-refractivity contribution >= 4 is 69.6 Å². The number of aromatic nitrogens is 1. The van der Waals surface area contributed by atoms with Crippen molar-refractivity contribution < 1.29 is 23.1 Å². The molecule has 12 heteroatoms. The van der Waals surface area contributed by atoms with E-state index in [1.807, 2.05) is 0 Å². The van der Waals surface area contributed by atoms with Crippen LogP contribution in [0.5, 0.6) is 0 Å². The predicted molar refractivity (Wildman–Crippen MR) is 155 cm³/mol. The Bertz CT molecular complexity index is 1900. The zero-order chi connectivity index (χ0) is 29.4. The monoisotopic (exact) mass is 613 g/mol. The Morgan fingerprint density at radius 3 is 2.27 bits per heavy atom. The second-order valence-corrected chi connectivity index (χ2v) is 10.6. The van der Waals surface area contributed by atoms with E-state index in [1.165, 1.54) is 36.4 Å². The summed E-state index contributed by atoms with van der Waals surface area (Å²) in [6.07, 6.45) is 1.22. The molecule has 0 saturated carbocycles. The second-order valence-electron chi connectivity index (χ2n) is 8.78. The lowest BCUT2D eigenvalue weighted by atomic mass is 9.82. The Hall–Kier alpha value is -4.25. The SMILES string of the molecule is COC(=O)C1=C(N)n2c(s/c(=C\c3c(F)cccc3Cl)c2=O)=C(C(=O)Nc2ccccc2)C1c1c(F)cccc1Cl. The number of nitrogens with one attached hydrogen (secondary N) is 1. The Kier molecular flexibility index (Phi) is 7.81. The topological polar surface area (TPSA) is 103 Å². The Labute approximate surface area is 245 Å². The molecule has 0 aliphatic carbocycles. The number of ether oxygens (including phenoxy) is 1. The lowest BCUT2D eigenvalue weighted by molar-refractivity contribution is -0.136. The van der Waals surface area contributed by atoms with E-state index in [0.29, 0.717) is 5.69 Å². The molecule has 1 aromatic heterocycles. The van der Waals surface area contributed by atoms with Crippen LogP contribution in [-0.2, 0) is 14.3 Å². The van der Waals surface area contributed by atoms with E-state index in [-0.39, 0.29) is 41.5 Å². The lowest BCUT2D eigenvalue weighted by Crippen LogP contribution is -2.42. The van der Waals surface area contributed by atoms with Crippen LogP contribution in [0.3, 0.4) is 0 Å². The molecule has 1 atom stereocenters. The molecule has 5 rings (SSSR count). The van der Waals surface area contributed by atoms with E-state index >= 15 is 4.39 Å². The molecule has 7 nitrogen and oxygen atoms in total. The summed E-state index contributed by atoms with van der Waals surface area (Å²) < 4.78 is 35.9. The van der Waals surface area contributed by atoms with Crippen LogP contribution in [0.1, 0.15) is 17.0 Å². The third-order valence-corrected chi connectivity index (χ3v) is 8.16. The van der Waals surface area contributed by atoms with Crippen molar-refractivity contribution in [2.24, 2.45) is 5.73 Å². The van der Waals surface area contributed by atoms with Gasteiger partial charge in [0.15, 0.2) is 0 Å². The minimum absolute atomic E-state index is 0.0170. The zero-order valence-corrected chi connectivity index (χ0v) is 23.4. The van der Waals surface area contributed by atoms with Gasteiger partial charge in [-0.15, -0.1) is 11.3 Å². The molecular weight excluding hydrogens is 595 g/mol. The molecule has 0 bridgehead atoms. The number of amides is 1. The van der Waals surface area contributed by atoms with Gasteiger partial charge in [0.2, 0.25) is 0 Å². The second kappa shape index (κ2) is 11.3. The number of carbonyl (C=O) groups is 2. The summed E-state index contributed by atoms with van der Waals surface area (Å²) in [4.78, 5) is 40.8. The Morgan fingerprint density at radius 1 is 0.976 bits per heavy atom. The van der Waals surface area contributed by atoms with Crippen molar-refractivity contribution in [3.8, 4) is 0 Å². The predicted octanol–water partition coefficient (Wildman–Crippen LogP) is 4.21. The lowest BCUT2D eigenvalue weighted by Gasteiger charge is -2.28. The number of fused-ring (bicyclic) bond motifs is 1. The molecule has 0 saturated heterocycles. The summed E-state index contributed by atoms with van der Waals surface area (Å²) in [5.41, 5.74) is 5.18. The van der Waals surface area contributed by atoms with Gasteiger partial charge in [-0.05, 0) is 42.5 Å². The first-order chi connectivity index (χ1) is 19.6. The fourth-order valence-electron chi connectivity index (χ4n) is 4.55. The maximum absolute atomic E-state index is 15.4.